The molecule has 1 aromatic carbocycles. The molecule has 0 bridgehead atoms. The van der Waals surface area contributed by atoms with Gasteiger partial charge in [-0.2, -0.15) is 5.10 Å². The Balaban J connectivity index is 2.32. The van der Waals surface area contributed by atoms with Crippen LogP contribution in [0.1, 0.15) is 27.2 Å². The van der Waals surface area contributed by atoms with Crippen molar-refractivity contribution in [2.45, 2.75) is 20.8 Å². The van der Waals surface area contributed by atoms with Gasteiger partial charge in [-0.1, -0.05) is 12.1 Å². The molecule has 0 spiro atoms. The Morgan fingerprint density at radius 2 is 1.95 bits per heavy atom. The average molecular weight is 265 g/mol. The van der Waals surface area contributed by atoms with Crippen molar-refractivity contribution < 1.29 is 4.79 Å². The molecule has 20 heavy (non-hydrogen) atoms. The molecule has 0 atom stereocenters. The van der Waals surface area contributed by atoms with Gasteiger partial charge < -0.3 is 0 Å². The number of carbonyl (C=O) groups excluding carboxylic acids is 1. The van der Waals surface area contributed by atoms with Gasteiger partial charge in [-0.15, -0.1) is 0 Å². The van der Waals surface area contributed by atoms with E-state index in [1.165, 1.54) is 5.56 Å². The third-order valence-corrected chi connectivity index (χ3v) is 3.46. The number of nitrogens with zero attached hydrogens (tertiary/aromatic N) is 3. The van der Waals surface area contributed by atoms with E-state index in [-0.39, 0.29) is 0 Å². The number of pyridine rings is 1. The van der Waals surface area contributed by atoms with E-state index in [1.54, 1.807) is 6.20 Å². The second kappa shape index (κ2) is 4.56. The minimum atomic E-state index is 0.570. The largest absolute Gasteiger partial charge is 0.298 e. The number of fused-ring (bicyclic) bond motifs is 1. The highest BCUT2D eigenvalue weighted by atomic mass is 16.1. The first kappa shape index (κ1) is 12.5. The van der Waals surface area contributed by atoms with Crippen LogP contribution in [-0.4, -0.2) is 21.1 Å². The van der Waals surface area contributed by atoms with Crippen LogP contribution in [0.4, 0.5) is 0 Å². The Hall–Kier alpha value is -2.49. The molecule has 3 rings (SSSR count). The summed E-state index contributed by atoms with van der Waals surface area (Å²) in [5.41, 5.74) is 5.56. The van der Waals surface area contributed by atoms with E-state index in [0.29, 0.717) is 5.56 Å². The minimum absolute atomic E-state index is 0.570. The second-order valence-corrected chi connectivity index (χ2v) is 5.04. The van der Waals surface area contributed by atoms with Crippen LogP contribution < -0.4 is 0 Å². The molecule has 0 radical (unpaired) electrons. The fraction of sp³-hybridized carbons (Fsp3) is 0.188. The molecule has 3 aromatic rings. The SMILES string of the molecule is Cc1ccc(C)c(-n2nc(C)c3cc(C=O)cnc32)c1. The van der Waals surface area contributed by atoms with E-state index in [9.17, 15) is 4.79 Å². The summed E-state index contributed by atoms with van der Waals surface area (Å²) in [4.78, 5) is 15.3. The van der Waals surface area contributed by atoms with Gasteiger partial charge in [0.2, 0.25) is 0 Å². The van der Waals surface area contributed by atoms with E-state index in [4.69, 9.17) is 0 Å². The molecule has 2 aromatic heterocycles. The number of aromatic nitrogens is 3. The topological polar surface area (TPSA) is 47.8 Å². The van der Waals surface area contributed by atoms with Crippen molar-refractivity contribution in [3.63, 3.8) is 0 Å². The number of aryl methyl sites for hydroxylation is 3. The zero-order valence-corrected chi connectivity index (χ0v) is 11.7. The maximum atomic E-state index is 10.9. The Morgan fingerprint density at radius 1 is 1.15 bits per heavy atom. The summed E-state index contributed by atoms with van der Waals surface area (Å²) in [5.74, 6) is 0. The first-order valence-corrected chi connectivity index (χ1v) is 6.48. The second-order valence-electron chi connectivity index (χ2n) is 5.04. The average Bonchev–Trinajstić information content (AvgIpc) is 2.78. The Bertz CT molecular complexity index is 818. The number of aldehydes is 1. The summed E-state index contributed by atoms with van der Waals surface area (Å²) < 4.78 is 1.85. The normalized spacial score (nSPS) is 10.9. The van der Waals surface area contributed by atoms with Gasteiger partial charge in [-0.05, 0) is 44.0 Å². The predicted octanol–water partition coefficient (Wildman–Crippen LogP) is 3.16. The first-order valence-electron chi connectivity index (χ1n) is 6.48. The molecule has 0 aliphatic carbocycles. The molecular weight excluding hydrogens is 250 g/mol. The number of benzene rings is 1. The number of hydrogen-bond acceptors (Lipinski definition) is 3. The molecular formula is C16H15N3O. The van der Waals surface area contributed by atoms with E-state index < -0.39 is 0 Å². The van der Waals surface area contributed by atoms with E-state index >= 15 is 0 Å². The lowest BCUT2D eigenvalue weighted by molar-refractivity contribution is 0.112. The highest BCUT2D eigenvalue weighted by molar-refractivity contribution is 5.86. The maximum absolute atomic E-state index is 10.9. The van der Waals surface area contributed by atoms with Gasteiger partial charge in [0.05, 0.1) is 11.4 Å². The lowest BCUT2D eigenvalue weighted by atomic mass is 10.1. The molecule has 0 aliphatic rings. The standard InChI is InChI=1S/C16H15N3O/c1-10-4-5-11(2)15(6-10)19-16-14(12(3)18-19)7-13(9-20)8-17-16/h4-9H,1-3H3. The molecule has 0 N–H and O–H groups in total. The van der Waals surface area contributed by atoms with Crippen LogP contribution >= 0.6 is 0 Å². The van der Waals surface area contributed by atoms with Gasteiger partial charge in [-0.3, -0.25) is 4.79 Å². The van der Waals surface area contributed by atoms with Crippen LogP contribution in [0.15, 0.2) is 30.5 Å². The third kappa shape index (κ3) is 1.90. The smallest absolute Gasteiger partial charge is 0.163 e. The molecule has 0 aliphatic heterocycles. The molecule has 0 saturated heterocycles. The number of hydrogen-bond donors (Lipinski definition) is 0. The van der Waals surface area contributed by atoms with Crippen molar-refractivity contribution in [1.82, 2.24) is 14.8 Å². The monoisotopic (exact) mass is 265 g/mol. The van der Waals surface area contributed by atoms with Gasteiger partial charge in [0, 0.05) is 17.1 Å². The predicted molar refractivity (Wildman–Crippen MR) is 78.5 cm³/mol. The van der Waals surface area contributed by atoms with E-state index in [1.807, 2.05) is 17.7 Å². The van der Waals surface area contributed by atoms with Crippen LogP contribution in [0.2, 0.25) is 0 Å². The van der Waals surface area contributed by atoms with Crippen LogP contribution in [0, 0.1) is 20.8 Å². The van der Waals surface area contributed by atoms with Crippen LogP contribution in [0.25, 0.3) is 16.7 Å². The van der Waals surface area contributed by atoms with E-state index in [2.05, 4.69) is 42.1 Å². The fourth-order valence-electron chi connectivity index (χ4n) is 2.34. The highest BCUT2D eigenvalue weighted by Crippen LogP contribution is 2.23. The van der Waals surface area contributed by atoms with Crippen molar-refractivity contribution in [2.24, 2.45) is 0 Å². The quantitative estimate of drug-likeness (QED) is 0.669. The molecule has 0 amide bonds. The molecule has 4 nitrogen and oxygen atoms in total. The van der Waals surface area contributed by atoms with Gasteiger partial charge in [-0.25, -0.2) is 9.67 Å². The molecule has 0 unspecified atom stereocenters. The molecule has 0 fully saturated rings. The highest BCUT2D eigenvalue weighted by Gasteiger charge is 2.12. The zero-order valence-electron chi connectivity index (χ0n) is 11.7. The third-order valence-electron chi connectivity index (χ3n) is 3.46. The summed E-state index contributed by atoms with van der Waals surface area (Å²) in [5, 5.41) is 5.49. The zero-order chi connectivity index (χ0) is 14.3. The summed E-state index contributed by atoms with van der Waals surface area (Å²) in [6, 6.07) is 8.08. The van der Waals surface area contributed by atoms with Crippen molar-refractivity contribution in [1.29, 1.82) is 0 Å². The molecule has 100 valence electrons. The van der Waals surface area contributed by atoms with Crippen molar-refractivity contribution in [3.05, 3.63) is 52.8 Å². The molecule has 2 heterocycles. The number of rotatable bonds is 2. The minimum Gasteiger partial charge on any atom is -0.298 e. The Morgan fingerprint density at radius 3 is 2.70 bits per heavy atom. The van der Waals surface area contributed by atoms with Crippen LogP contribution in [-0.2, 0) is 0 Å². The lowest BCUT2D eigenvalue weighted by Gasteiger charge is -2.07. The van der Waals surface area contributed by atoms with E-state index in [0.717, 1.165) is 34.3 Å². The lowest BCUT2D eigenvalue weighted by Crippen LogP contribution is -2.01. The Kier molecular flexibility index (Phi) is 2.86. The van der Waals surface area contributed by atoms with Crippen LogP contribution in [0.3, 0.4) is 0 Å². The van der Waals surface area contributed by atoms with Crippen LogP contribution in [0.5, 0.6) is 0 Å². The summed E-state index contributed by atoms with van der Waals surface area (Å²) in [6.45, 7) is 6.04. The molecule has 0 saturated carbocycles. The van der Waals surface area contributed by atoms with Crippen molar-refractivity contribution in [2.75, 3.05) is 0 Å². The Labute approximate surface area is 117 Å². The number of carbonyl (C=O) groups is 1. The van der Waals surface area contributed by atoms with Gasteiger partial charge in [0.25, 0.3) is 0 Å². The van der Waals surface area contributed by atoms with Gasteiger partial charge in [0.1, 0.15) is 0 Å². The van der Waals surface area contributed by atoms with Gasteiger partial charge in [0.15, 0.2) is 11.9 Å². The summed E-state index contributed by atoms with van der Waals surface area (Å²) >= 11 is 0. The van der Waals surface area contributed by atoms with Gasteiger partial charge >= 0.3 is 0 Å². The maximum Gasteiger partial charge on any atom is 0.163 e. The van der Waals surface area contributed by atoms with Crippen molar-refractivity contribution >= 4 is 17.3 Å². The first-order chi connectivity index (χ1) is 9.60. The fourth-order valence-corrected chi connectivity index (χ4v) is 2.34. The summed E-state index contributed by atoms with van der Waals surface area (Å²) in [6.07, 6.45) is 2.39. The molecule has 4 heteroatoms. The summed E-state index contributed by atoms with van der Waals surface area (Å²) in [7, 11) is 0. The van der Waals surface area contributed by atoms with Crippen molar-refractivity contribution in [3.8, 4) is 5.69 Å².